The van der Waals surface area contributed by atoms with Crippen molar-refractivity contribution in [2.75, 3.05) is 0 Å². The normalized spacial score (nSPS) is 12.9. The zero-order valence-corrected chi connectivity index (χ0v) is 18.5. The van der Waals surface area contributed by atoms with E-state index in [-0.39, 0.29) is 23.6 Å². The van der Waals surface area contributed by atoms with Crippen molar-refractivity contribution < 1.29 is 62.2 Å². The van der Waals surface area contributed by atoms with Crippen molar-refractivity contribution in [3.05, 3.63) is 94.0 Å². The molecule has 0 fully saturated rings. The van der Waals surface area contributed by atoms with E-state index >= 15 is 0 Å². The van der Waals surface area contributed by atoms with Gasteiger partial charge in [-0.1, -0.05) is 0 Å². The van der Waals surface area contributed by atoms with Gasteiger partial charge >= 0.3 is 24.7 Å². The van der Waals surface area contributed by atoms with Gasteiger partial charge in [0.05, 0.1) is 22.3 Å². The van der Waals surface area contributed by atoms with Crippen molar-refractivity contribution in [3.63, 3.8) is 0 Å². The molecule has 0 heterocycles. The van der Waals surface area contributed by atoms with Crippen molar-refractivity contribution in [2.45, 2.75) is 37.9 Å². The van der Waals surface area contributed by atoms with Crippen LogP contribution < -0.4 is 9.47 Å². The highest BCUT2D eigenvalue weighted by molar-refractivity contribution is 5.36. The molecule has 3 aromatic carbocycles. The summed E-state index contributed by atoms with van der Waals surface area (Å²) in [4.78, 5) is 0. The molecule has 0 saturated heterocycles. The van der Waals surface area contributed by atoms with E-state index in [9.17, 15) is 52.7 Å². The molecule has 3 aromatic rings. The molecule has 0 N–H and O–H groups in total. The van der Waals surface area contributed by atoms with Gasteiger partial charge in [-0.2, -0.15) is 52.7 Å². The zero-order chi connectivity index (χ0) is 28.5. The highest BCUT2D eigenvalue weighted by Gasteiger charge is 2.38. The van der Waals surface area contributed by atoms with Gasteiger partial charge in [0.2, 0.25) is 0 Å². The van der Waals surface area contributed by atoms with E-state index in [1.807, 2.05) is 0 Å². The Morgan fingerprint density at radius 2 is 0.632 bits per heavy atom. The molecular weight excluding hydrogens is 548 g/mol. The quantitative estimate of drug-likeness (QED) is 0.280. The Labute approximate surface area is 206 Å². The summed E-state index contributed by atoms with van der Waals surface area (Å²) in [5.74, 6) is -0.0245. The first-order valence-corrected chi connectivity index (χ1v) is 10.2. The molecule has 0 saturated carbocycles. The third-order valence-electron chi connectivity index (χ3n) is 4.93. The van der Waals surface area contributed by atoms with Gasteiger partial charge in [-0.3, -0.25) is 0 Å². The van der Waals surface area contributed by atoms with Crippen LogP contribution in [-0.2, 0) is 37.9 Å². The Bertz CT molecular complexity index is 1090. The number of ether oxygens (including phenoxy) is 2. The van der Waals surface area contributed by atoms with Crippen molar-refractivity contribution in [1.29, 1.82) is 0 Å². The van der Waals surface area contributed by atoms with E-state index in [0.29, 0.717) is 24.3 Å². The average Bonchev–Trinajstić information content (AvgIpc) is 2.79. The molecule has 0 amide bonds. The number of rotatable bonds is 6. The van der Waals surface area contributed by atoms with E-state index in [2.05, 4.69) is 0 Å². The number of hydrogen-bond donors (Lipinski definition) is 0. The summed E-state index contributed by atoms with van der Waals surface area (Å²) in [6, 6.07) is 6.71. The zero-order valence-electron chi connectivity index (χ0n) is 18.5. The Morgan fingerprint density at radius 1 is 0.395 bits per heavy atom. The van der Waals surface area contributed by atoms with E-state index in [4.69, 9.17) is 9.47 Å². The van der Waals surface area contributed by atoms with E-state index in [0.717, 1.165) is 0 Å². The smallest absolute Gasteiger partial charge is 0.416 e. The minimum absolute atomic E-state index is 0.0123. The second-order valence-corrected chi connectivity index (χ2v) is 7.88. The predicted octanol–water partition coefficient (Wildman–Crippen LogP) is 8.92. The highest BCUT2D eigenvalue weighted by Crippen LogP contribution is 2.38. The molecule has 206 valence electrons. The Balaban J connectivity index is 1.70. The summed E-state index contributed by atoms with van der Waals surface area (Å²) >= 11 is 0. The molecule has 0 atom stereocenters. The summed E-state index contributed by atoms with van der Waals surface area (Å²) in [7, 11) is 0. The van der Waals surface area contributed by atoms with Crippen LogP contribution in [0.2, 0.25) is 0 Å². The lowest BCUT2D eigenvalue weighted by Gasteiger charge is -2.15. The largest absolute Gasteiger partial charge is 0.489 e. The van der Waals surface area contributed by atoms with Crippen molar-refractivity contribution >= 4 is 0 Å². The molecular formula is C24H14F12O2. The molecule has 2 nitrogen and oxygen atoms in total. The van der Waals surface area contributed by atoms with Crippen molar-refractivity contribution in [1.82, 2.24) is 0 Å². The maximum absolute atomic E-state index is 13.0. The number of alkyl halides is 12. The van der Waals surface area contributed by atoms with Gasteiger partial charge in [0.1, 0.15) is 24.7 Å². The lowest BCUT2D eigenvalue weighted by atomic mass is 10.1. The van der Waals surface area contributed by atoms with Crippen LogP contribution in [0.5, 0.6) is 11.5 Å². The molecule has 3 rings (SSSR count). The van der Waals surface area contributed by atoms with Gasteiger partial charge in [-0.15, -0.1) is 0 Å². The van der Waals surface area contributed by atoms with E-state index in [1.54, 1.807) is 0 Å². The fourth-order valence-electron chi connectivity index (χ4n) is 3.17. The summed E-state index contributed by atoms with van der Waals surface area (Å²) in [6.45, 7) is -1.34. The highest BCUT2D eigenvalue weighted by atomic mass is 19.4. The molecule has 0 aromatic heterocycles. The minimum atomic E-state index is -5.03. The van der Waals surface area contributed by atoms with Crippen molar-refractivity contribution in [2.24, 2.45) is 0 Å². The van der Waals surface area contributed by atoms with Gasteiger partial charge in [0.25, 0.3) is 0 Å². The molecule has 0 aliphatic rings. The first kappa shape index (κ1) is 29.0. The Kier molecular flexibility index (Phi) is 7.85. The van der Waals surface area contributed by atoms with Crippen LogP contribution in [0.3, 0.4) is 0 Å². The number of benzene rings is 3. The molecule has 0 spiro atoms. The molecule has 0 radical (unpaired) electrons. The second-order valence-electron chi connectivity index (χ2n) is 7.88. The number of hydrogen-bond acceptors (Lipinski definition) is 2. The number of halogens is 12. The van der Waals surface area contributed by atoms with Crippen LogP contribution in [0.1, 0.15) is 33.4 Å². The first-order valence-electron chi connectivity index (χ1n) is 10.2. The Morgan fingerprint density at radius 3 is 0.842 bits per heavy atom. The molecule has 0 bridgehead atoms. The SMILES string of the molecule is FC(F)(F)c1cc(COc2ccc(OCc3cc(C(F)(F)F)cc(C(F)(F)F)c3)cc2)cc(C(F)(F)F)c1. The molecule has 0 unspecified atom stereocenters. The summed E-state index contributed by atoms with van der Waals surface area (Å²) in [5, 5.41) is 0. The average molecular weight is 562 g/mol. The predicted molar refractivity (Wildman–Crippen MR) is 108 cm³/mol. The summed E-state index contributed by atoms with van der Waals surface area (Å²) in [6.07, 6.45) is -20.1. The van der Waals surface area contributed by atoms with Crippen LogP contribution in [0.4, 0.5) is 52.7 Å². The van der Waals surface area contributed by atoms with Crippen LogP contribution in [0.15, 0.2) is 60.7 Å². The molecule has 0 aliphatic heterocycles. The summed E-state index contributed by atoms with van der Waals surface area (Å²) in [5.41, 5.74) is -6.90. The summed E-state index contributed by atoms with van der Waals surface area (Å²) < 4.78 is 166. The Hall–Kier alpha value is -3.58. The maximum Gasteiger partial charge on any atom is 0.416 e. The standard InChI is InChI=1S/C24H14F12O2/c25-21(26,27)15-5-13(6-16(9-15)22(28,29)30)11-37-19-1-2-20(4-3-19)38-12-14-7-17(23(31,32)33)10-18(8-14)24(34,35)36/h1-10H,11-12H2. The lowest BCUT2D eigenvalue weighted by molar-refractivity contribution is -0.144. The van der Waals surface area contributed by atoms with Crippen molar-refractivity contribution in [3.8, 4) is 11.5 Å². The molecule has 0 aliphatic carbocycles. The van der Waals surface area contributed by atoms with E-state index < -0.39 is 71.3 Å². The van der Waals surface area contributed by atoms with Crippen LogP contribution in [-0.4, -0.2) is 0 Å². The minimum Gasteiger partial charge on any atom is -0.489 e. The molecule has 38 heavy (non-hydrogen) atoms. The van der Waals surface area contributed by atoms with Gasteiger partial charge in [0.15, 0.2) is 0 Å². The third kappa shape index (κ3) is 7.71. The second kappa shape index (κ2) is 10.3. The fourth-order valence-corrected chi connectivity index (χ4v) is 3.17. The van der Waals surface area contributed by atoms with Gasteiger partial charge in [0, 0.05) is 0 Å². The van der Waals surface area contributed by atoms with Gasteiger partial charge < -0.3 is 9.47 Å². The van der Waals surface area contributed by atoms with Gasteiger partial charge in [-0.05, 0) is 71.8 Å². The third-order valence-corrected chi connectivity index (χ3v) is 4.93. The lowest BCUT2D eigenvalue weighted by Crippen LogP contribution is -2.12. The fraction of sp³-hybridized carbons (Fsp3) is 0.250. The topological polar surface area (TPSA) is 18.5 Å². The first-order chi connectivity index (χ1) is 17.3. The van der Waals surface area contributed by atoms with Crippen LogP contribution >= 0.6 is 0 Å². The van der Waals surface area contributed by atoms with Crippen LogP contribution in [0.25, 0.3) is 0 Å². The monoisotopic (exact) mass is 562 g/mol. The van der Waals surface area contributed by atoms with Gasteiger partial charge in [-0.25, -0.2) is 0 Å². The maximum atomic E-state index is 13.0. The van der Waals surface area contributed by atoms with Crippen LogP contribution in [0, 0.1) is 0 Å². The molecule has 14 heteroatoms. The van der Waals surface area contributed by atoms with E-state index in [1.165, 1.54) is 24.3 Å².